The van der Waals surface area contributed by atoms with Gasteiger partial charge in [-0.1, -0.05) is 0 Å². The van der Waals surface area contributed by atoms with Gasteiger partial charge in [0.2, 0.25) is 5.91 Å². The molecule has 0 aliphatic carbocycles. The number of hydrogen-bond acceptors (Lipinski definition) is 3. The maximum Gasteiger partial charge on any atom is 0.246 e. The van der Waals surface area contributed by atoms with Crippen LogP contribution in [-0.4, -0.2) is 50.2 Å². The Kier molecular flexibility index (Phi) is 5.77. The van der Waals surface area contributed by atoms with Gasteiger partial charge in [0, 0.05) is 6.54 Å². The van der Waals surface area contributed by atoms with Crippen molar-refractivity contribution < 1.29 is 9.53 Å². The summed E-state index contributed by atoms with van der Waals surface area (Å²) in [7, 11) is 2.14. The van der Waals surface area contributed by atoms with Crippen LogP contribution in [0.15, 0.2) is 0 Å². The largest absolute Gasteiger partial charge is 0.369 e. The van der Waals surface area contributed by atoms with E-state index in [1.807, 2.05) is 13.8 Å². The summed E-state index contributed by atoms with van der Waals surface area (Å²) in [6, 6.07) is 0. The predicted molar refractivity (Wildman–Crippen MR) is 64.3 cm³/mol. The lowest BCUT2D eigenvalue weighted by atomic mass is 9.97. The molecule has 1 fully saturated rings. The average Bonchev–Trinajstić information content (AvgIpc) is 2.25. The molecular formula is C12H24N2O2. The molecule has 1 heterocycles. The molecule has 4 heteroatoms. The maximum atomic E-state index is 11.4. The van der Waals surface area contributed by atoms with Crippen molar-refractivity contribution in [2.45, 2.75) is 32.8 Å². The van der Waals surface area contributed by atoms with Gasteiger partial charge in [0.25, 0.3) is 0 Å². The first-order valence-corrected chi connectivity index (χ1v) is 6.14. The first-order chi connectivity index (χ1) is 7.58. The van der Waals surface area contributed by atoms with Crippen molar-refractivity contribution in [3.63, 3.8) is 0 Å². The molecule has 0 radical (unpaired) electrons. The van der Waals surface area contributed by atoms with E-state index in [0.29, 0.717) is 5.92 Å². The van der Waals surface area contributed by atoms with Gasteiger partial charge in [0.1, 0.15) is 6.61 Å². The molecule has 1 aliphatic heterocycles. The summed E-state index contributed by atoms with van der Waals surface area (Å²) in [4.78, 5) is 13.7. The summed E-state index contributed by atoms with van der Waals surface area (Å²) in [6.07, 6.45) is 2.48. The summed E-state index contributed by atoms with van der Waals surface area (Å²) in [5, 5.41) is 2.94. The molecule has 1 N–H and O–H groups in total. The topological polar surface area (TPSA) is 41.6 Å². The highest BCUT2D eigenvalue weighted by atomic mass is 16.5. The zero-order chi connectivity index (χ0) is 12.0. The number of ether oxygens (including phenoxy) is 1. The fourth-order valence-corrected chi connectivity index (χ4v) is 1.82. The molecule has 94 valence electrons. The summed E-state index contributed by atoms with van der Waals surface area (Å²) in [5.41, 5.74) is 0. The highest BCUT2D eigenvalue weighted by molar-refractivity contribution is 5.77. The quantitative estimate of drug-likeness (QED) is 0.759. The molecule has 0 atom stereocenters. The molecule has 0 bridgehead atoms. The third-order valence-corrected chi connectivity index (χ3v) is 2.97. The van der Waals surface area contributed by atoms with Gasteiger partial charge < -0.3 is 15.0 Å². The number of piperidine rings is 1. The van der Waals surface area contributed by atoms with E-state index in [1.165, 1.54) is 12.8 Å². The third-order valence-electron chi connectivity index (χ3n) is 2.97. The highest BCUT2D eigenvalue weighted by Gasteiger charge is 2.17. The number of rotatable bonds is 5. The maximum absolute atomic E-state index is 11.4. The summed E-state index contributed by atoms with van der Waals surface area (Å²) in [5.74, 6) is 0.645. The van der Waals surface area contributed by atoms with E-state index >= 15 is 0 Å². The Morgan fingerprint density at radius 2 is 2.06 bits per heavy atom. The molecule has 1 rings (SSSR count). The average molecular weight is 228 g/mol. The first kappa shape index (κ1) is 13.5. The minimum absolute atomic E-state index is 0.00706. The zero-order valence-electron chi connectivity index (χ0n) is 10.7. The van der Waals surface area contributed by atoms with E-state index in [9.17, 15) is 4.79 Å². The Morgan fingerprint density at radius 3 is 2.62 bits per heavy atom. The van der Waals surface area contributed by atoms with Crippen LogP contribution in [0.3, 0.4) is 0 Å². The van der Waals surface area contributed by atoms with Crippen LogP contribution in [0.4, 0.5) is 0 Å². The van der Waals surface area contributed by atoms with E-state index < -0.39 is 0 Å². The Hall–Kier alpha value is -0.610. The van der Waals surface area contributed by atoms with E-state index in [1.54, 1.807) is 0 Å². The number of carbonyl (C=O) groups is 1. The van der Waals surface area contributed by atoms with Crippen LogP contribution < -0.4 is 5.32 Å². The molecule has 0 aromatic heterocycles. The third kappa shape index (κ3) is 5.47. The lowest BCUT2D eigenvalue weighted by Crippen LogP contribution is -2.38. The summed E-state index contributed by atoms with van der Waals surface area (Å²) in [6.45, 7) is 7.14. The van der Waals surface area contributed by atoms with E-state index in [2.05, 4.69) is 17.3 Å². The molecule has 1 amide bonds. The van der Waals surface area contributed by atoms with Crippen molar-refractivity contribution in [1.82, 2.24) is 10.2 Å². The Balaban J connectivity index is 2.07. The van der Waals surface area contributed by atoms with E-state index in [0.717, 1.165) is 19.6 Å². The monoisotopic (exact) mass is 228 g/mol. The lowest BCUT2D eigenvalue weighted by Gasteiger charge is -2.28. The molecule has 4 nitrogen and oxygen atoms in total. The van der Waals surface area contributed by atoms with Crippen LogP contribution in [0.5, 0.6) is 0 Å². The van der Waals surface area contributed by atoms with Crippen LogP contribution in [-0.2, 0) is 9.53 Å². The van der Waals surface area contributed by atoms with Crippen molar-refractivity contribution in [3.05, 3.63) is 0 Å². The van der Waals surface area contributed by atoms with Crippen LogP contribution in [0, 0.1) is 5.92 Å². The van der Waals surface area contributed by atoms with Crippen LogP contribution in [0.1, 0.15) is 26.7 Å². The van der Waals surface area contributed by atoms with E-state index in [-0.39, 0.29) is 18.6 Å². The number of amides is 1. The first-order valence-electron chi connectivity index (χ1n) is 6.14. The molecule has 0 aromatic rings. The van der Waals surface area contributed by atoms with Crippen LogP contribution >= 0.6 is 0 Å². The minimum atomic E-state index is 0.00706. The standard InChI is InChI=1S/C12H24N2O2/c1-10(2)16-9-12(15)13-8-11-4-6-14(3)7-5-11/h10-11H,4-9H2,1-3H3,(H,13,15). The van der Waals surface area contributed by atoms with Gasteiger partial charge in [-0.2, -0.15) is 0 Å². The van der Waals surface area contributed by atoms with E-state index in [4.69, 9.17) is 4.74 Å². The van der Waals surface area contributed by atoms with Gasteiger partial charge in [0.15, 0.2) is 0 Å². The molecule has 0 aromatic carbocycles. The Bertz CT molecular complexity index is 211. The van der Waals surface area contributed by atoms with Crippen molar-refractivity contribution in [3.8, 4) is 0 Å². The number of carbonyl (C=O) groups excluding carboxylic acids is 1. The van der Waals surface area contributed by atoms with Crippen molar-refractivity contribution in [1.29, 1.82) is 0 Å². The summed E-state index contributed by atoms with van der Waals surface area (Å²) >= 11 is 0. The second-order valence-corrected chi connectivity index (χ2v) is 4.91. The molecule has 0 saturated carbocycles. The Labute approximate surface area is 98.3 Å². The van der Waals surface area contributed by atoms with Gasteiger partial charge in [-0.05, 0) is 52.7 Å². The molecular weight excluding hydrogens is 204 g/mol. The van der Waals surface area contributed by atoms with Crippen molar-refractivity contribution in [2.24, 2.45) is 5.92 Å². The predicted octanol–water partition coefficient (Wildman–Crippen LogP) is 0.869. The van der Waals surface area contributed by atoms with Crippen LogP contribution in [0.25, 0.3) is 0 Å². The molecule has 1 aliphatic rings. The molecule has 1 saturated heterocycles. The SMILES string of the molecule is CC(C)OCC(=O)NCC1CCN(C)CC1. The van der Waals surface area contributed by atoms with Gasteiger partial charge >= 0.3 is 0 Å². The second kappa shape index (κ2) is 6.86. The second-order valence-electron chi connectivity index (χ2n) is 4.91. The molecule has 0 unspecified atom stereocenters. The van der Waals surface area contributed by atoms with Gasteiger partial charge in [-0.15, -0.1) is 0 Å². The fraction of sp³-hybridized carbons (Fsp3) is 0.917. The Morgan fingerprint density at radius 1 is 1.44 bits per heavy atom. The summed E-state index contributed by atoms with van der Waals surface area (Å²) < 4.78 is 5.24. The highest BCUT2D eigenvalue weighted by Crippen LogP contribution is 2.14. The number of likely N-dealkylation sites (tertiary alicyclic amines) is 1. The lowest BCUT2D eigenvalue weighted by molar-refractivity contribution is -0.127. The van der Waals surface area contributed by atoms with Gasteiger partial charge in [0.05, 0.1) is 6.10 Å². The molecule has 0 spiro atoms. The smallest absolute Gasteiger partial charge is 0.246 e. The normalized spacial score (nSPS) is 19.0. The van der Waals surface area contributed by atoms with Gasteiger partial charge in [-0.25, -0.2) is 0 Å². The number of nitrogens with zero attached hydrogens (tertiary/aromatic N) is 1. The fourth-order valence-electron chi connectivity index (χ4n) is 1.82. The number of hydrogen-bond donors (Lipinski definition) is 1. The van der Waals surface area contributed by atoms with Crippen molar-refractivity contribution >= 4 is 5.91 Å². The zero-order valence-corrected chi connectivity index (χ0v) is 10.7. The minimum Gasteiger partial charge on any atom is -0.369 e. The van der Waals surface area contributed by atoms with Crippen molar-refractivity contribution in [2.75, 3.05) is 33.3 Å². The van der Waals surface area contributed by atoms with Gasteiger partial charge in [-0.3, -0.25) is 4.79 Å². The molecule has 16 heavy (non-hydrogen) atoms. The van der Waals surface area contributed by atoms with Crippen LogP contribution in [0.2, 0.25) is 0 Å². The number of nitrogens with one attached hydrogen (secondary N) is 1.